The molecule has 1 N–H and O–H groups in total. The van der Waals surface area contributed by atoms with Crippen LogP contribution >= 0.6 is 11.6 Å². The third-order valence-corrected chi connectivity index (χ3v) is 3.68. The normalized spacial score (nSPS) is 17.3. The third kappa shape index (κ3) is 3.98. The molecule has 2 rings (SSSR count). The summed E-state index contributed by atoms with van der Waals surface area (Å²) in [6.45, 7) is 8.01. The third-order valence-electron chi connectivity index (χ3n) is 3.44. The van der Waals surface area contributed by atoms with E-state index in [1.807, 2.05) is 6.07 Å². The molecule has 0 aromatic heterocycles. The van der Waals surface area contributed by atoms with Crippen LogP contribution in [0.3, 0.4) is 0 Å². The number of benzene rings is 1. The van der Waals surface area contributed by atoms with Gasteiger partial charge in [-0.05, 0) is 49.6 Å². The fourth-order valence-electron chi connectivity index (χ4n) is 2.34. The second-order valence-electron chi connectivity index (χ2n) is 4.77. The molecule has 0 bridgehead atoms. The highest BCUT2D eigenvalue weighted by atomic mass is 35.5. The van der Waals surface area contributed by atoms with Crippen LogP contribution in [-0.2, 0) is 6.42 Å². The average molecular weight is 253 g/mol. The van der Waals surface area contributed by atoms with Crippen molar-refractivity contribution < 1.29 is 0 Å². The van der Waals surface area contributed by atoms with Crippen molar-refractivity contribution in [2.45, 2.75) is 19.8 Å². The number of hydrogen-bond acceptors (Lipinski definition) is 2. The zero-order valence-electron chi connectivity index (χ0n) is 10.5. The second kappa shape index (κ2) is 6.39. The van der Waals surface area contributed by atoms with Gasteiger partial charge in [0.05, 0.1) is 0 Å². The van der Waals surface area contributed by atoms with E-state index in [0.29, 0.717) is 0 Å². The predicted octanol–water partition coefficient (Wildman–Crippen LogP) is 2.49. The topological polar surface area (TPSA) is 15.3 Å². The molecule has 1 aliphatic rings. The highest BCUT2D eigenvalue weighted by Crippen LogP contribution is 2.17. The quantitative estimate of drug-likeness (QED) is 0.886. The Morgan fingerprint density at radius 1 is 1.29 bits per heavy atom. The van der Waals surface area contributed by atoms with E-state index in [-0.39, 0.29) is 0 Å². The van der Waals surface area contributed by atoms with Crippen LogP contribution < -0.4 is 5.32 Å². The first-order valence-corrected chi connectivity index (χ1v) is 6.81. The summed E-state index contributed by atoms with van der Waals surface area (Å²) in [6.07, 6.45) is 2.36. The smallest absolute Gasteiger partial charge is 0.0408 e. The van der Waals surface area contributed by atoms with Crippen molar-refractivity contribution in [3.8, 4) is 0 Å². The van der Waals surface area contributed by atoms with Crippen molar-refractivity contribution in [3.05, 3.63) is 34.3 Å². The van der Waals surface area contributed by atoms with Gasteiger partial charge in [-0.15, -0.1) is 0 Å². The number of piperazine rings is 1. The van der Waals surface area contributed by atoms with Crippen LogP contribution in [-0.4, -0.2) is 37.6 Å². The highest BCUT2D eigenvalue weighted by Gasteiger charge is 2.08. The van der Waals surface area contributed by atoms with Gasteiger partial charge >= 0.3 is 0 Å². The van der Waals surface area contributed by atoms with Crippen molar-refractivity contribution in [1.82, 2.24) is 10.2 Å². The van der Waals surface area contributed by atoms with Crippen molar-refractivity contribution in [1.29, 1.82) is 0 Å². The summed E-state index contributed by atoms with van der Waals surface area (Å²) in [4.78, 5) is 2.54. The fourth-order valence-corrected chi connectivity index (χ4v) is 2.53. The Morgan fingerprint density at radius 3 is 2.82 bits per heavy atom. The predicted molar refractivity (Wildman–Crippen MR) is 73.8 cm³/mol. The lowest BCUT2D eigenvalue weighted by molar-refractivity contribution is 0.238. The SMILES string of the molecule is Cc1ccc(Cl)cc1CCCN1CCNCC1. The zero-order chi connectivity index (χ0) is 12.1. The lowest BCUT2D eigenvalue weighted by Gasteiger charge is -2.27. The fraction of sp³-hybridized carbons (Fsp3) is 0.571. The summed E-state index contributed by atoms with van der Waals surface area (Å²) < 4.78 is 0. The van der Waals surface area contributed by atoms with Gasteiger partial charge in [-0.2, -0.15) is 0 Å². The van der Waals surface area contributed by atoms with Crippen molar-refractivity contribution in [2.75, 3.05) is 32.7 Å². The molecule has 0 radical (unpaired) electrons. The average Bonchev–Trinajstić information content (AvgIpc) is 2.35. The molecule has 0 atom stereocenters. The molecule has 1 heterocycles. The van der Waals surface area contributed by atoms with Gasteiger partial charge in [0.1, 0.15) is 0 Å². The number of hydrogen-bond donors (Lipinski definition) is 1. The maximum Gasteiger partial charge on any atom is 0.0408 e. The van der Waals surface area contributed by atoms with E-state index in [0.717, 1.165) is 24.5 Å². The Bertz CT molecular complexity index is 359. The number of halogens is 1. The van der Waals surface area contributed by atoms with Gasteiger partial charge in [0.15, 0.2) is 0 Å². The first-order chi connectivity index (χ1) is 8.25. The van der Waals surface area contributed by atoms with Crippen LogP contribution in [0, 0.1) is 6.92 Å². The molecule has 0 aliphatic carbocycles. The van der Waals surface area contributed by atoms with E-state index in [2.05, 4.69) is 29.3 Å². The van der Waals surface area contributed by atoms with E-state index < -0.39 is 0 Å². The summed E-state index contributed by atoms with van der Waals surface area (Å²) in [5.74, 6) is 0. The molecule has 1 aliphatic heterocycles. The lowest BCUT2D eigenvalue weighted by atomic mass is 10.0. The molecule has 1 aromatic rings. The highest BCUT2D eigenvalue weighted by molar-refractivity contribution is 6.30. The summed E-state index contributed by atoms with van der Waals surface area (Å²) in [7, 11) is 0. The van der Waals surface area contributed by atoms with Gasteiger partial charge < -0.3 is 10.2 Å². The van der Waals surface area contributed by atoms with Crippen LogP contribution in [0.25, 0.3) is 0 Å². The maximum absolute atomic E-state index is 6.03. The van der Waals surface area contributed by atoms with E-state index in [9.17, 15) is 0 Å². The van der Waals surface area contributed by atoms with Gasteiger partial charge in [0.2, 0.25) is 0 Å². The molecule has 1 aromatic carbocycles. The zero-order valence-corrected chi connectivity index (χ0v) is 11.3. The minimum atomic E-state index is 0.854. The van der Waals surface area contributed by atoms with Gasteiger partial charge in [0, 0.05) is 31.2 Å². The molecule has 0 spiro atoms. The largest absolute Gasteiger partial charge is 0.314 e. The van der Waals surface area contributed by atoms with Gasteiger partial charge in [-0.3, -0.25) is 0 Å². The monoisotopic (exact) mass is 252 g/mol. The Hall–Kier alpha value is -0.570. The standard InChI is InChI=1S/C14H21ClN2/c1-12-4-5-14(15)11-13(12)3-2-8-17-9-6-16-7-10-17/h4-5,11,16H,2-3,6-10H2,1H3. The molecule has 94 valence electrons. The van der Waals surface area contributed by atoms with Crippen molar-refractivity contribution in [2.24, 2.45) is 0 Å². The van der Waals surface area contributed by atoms with Crippen LogP contribution in [0.2, 0.25) is 5.02 Å². The molecule has 0 amide bonds. The van der Waals surface area contributed by atoms with Crippen LogP contribution in [0.5, 0.6) is 0 Å². The van der Waals surface area contributed by atoms with Gasteiger partial charge in [0.25, 0.3) is 0 Å². The van der Waals surface area contributed by atoms with E-state index >= 15 is 0 Å². The Labute approximate surface area is 109 Å². The number of nitrogens with one attached hydrogen (secondary N) is 1. The van der Waals surface area contributed by atoms with E-state index in [4.69, 9.17) is 11.6 Å². The first kappa shape index (κ1) is 12.9. The number of rotatable bonds is 4. The minimum absolute atomic E-state index is 0.854. The first-order valence-electron chi connectivity index (χ1n) is 6.44. The van der Waals surface area contributed by atoms with Crippen molar-refractivity contribution >= 4 is 11.6 Å². The summed E-state index contributed by atoms with van der Waals surface area (Å²) in [6, 6.07) is 6.19. The second-order valence-corrected chi connectivity index (χ2v) is 5.20. The molecule has 17 heavy (non-hydrogen) atoms. The lowest BCUT2D eigenvalue weighted by Crippen LogP contribution is -2.43. The molecule has 1 saturated heterocycles. The molecular formula is C14H21ClN2. The summed E-state index contributed by atoms with van der Waals surface area (Å²) in [5, 5.41) is 4.23. The molecular weight excluding hydrogens is 232 g/mol. The molecule has 0 unspecified atom stereocenters. The van der Waals surface area contributed by atoms with Gasteiger partial charge in [-0.25, -0.2) is 0 Å². The molecule has 3 heteroatoms. The Kier molecular flexibility index (Phi) is 4.84. The van der Waals surface area contributed by atoms with Crippen molar-refractivity contribution in [3.63, 3.8) is 0 Å². The Balaban J connectivity index is 1.79. The Morgan fingerprint density at radius 2 is 2.06 bits per heavy atom. The number of aryl methyl sites for hydroxylation is 2. The van der Waals surface area contributed by atoms with Crippen LogP contribution in [0.1, 0.15) is 17.5 Å². The van der Waals surface area contributed by atoms with E-state index in [1.165, 1.54) is 37.2 Å². The molecule has 2 nitrogen and oxygen atoms in total. The minimum Gasteiger partial charge on any atom is -0.314 e. The summed E-state index contributed by atoms with van der Waals surface area (Å²) >= 11 is 6.03. The molecule has 0 saturated carbocycles. The summed E-state index contributed by atoms with van der Waals surface area (Å²) in [5.41, 5.74) is 2.75. The van der Waals surface area contributed by atoms with Crippen LogP contribution in [0.15, 0.2) is 18.2 Å². The van der Waals surface area contributed by atoms with Gasteiger partial charge in [-0.1, -0.05) is 17.7 Å². The maximum atomic E-state index is 6.03. The molecule has 1 fully saturated rings. The van der Waals surface area contributed by atoms with E-state index in [1.54, 1.807) is 0 Å². The van der Waals surface area contributed by atoms with Crippen LogP contribution in [0.4, 0.5) is 0 Å². The number of nitrogens with zero attached hydrogens (tertiary/aromatic N) is 1.